The molecule has 18 heavy (non-hydrogen) atoms. The van der Waals surface area contributed by atoms with Crippen molar-refractivity contribution in [1.82, 2.24) is 4.98 Å². The molecule has 0 spiro atoms. The summed E-state index contributed by atoms with van der Waals surface area (Å²) in [6.45, 7) is 0. The smallest absolute Gasteiger partial charge is 0.296 e. The Morgan fingerprint density at radius 3 is 2.00 bits per heavy atom. The van der Waals surface area contributed by atoms with Crippen LogP contribution in [0.15, 0.2) is 59.5 Å². The average molecular weight is 267 g/mol. The first-order valence-electron chi connectivity index (χ1n) is 4.97. The van der Waals surface area contributed by atoms with Gasteiger partial charge in [-0.1, -0.05) is 24.3 Å². The third-order valence-corrected chi connectivity index (χ3v) is 2.23. The number of aromatic nitrogens is 1. The first-order chi connectivity index (χ1) is 8.47. The van der Waals surface area contributed by atoms with Gasteiger partial charge in [0.2, 0.25) is 5.56 Å². The van der Waals surface area contributed by atoms with E-state index in [1.807, 2.05) is 0 Å². The molecule has 7 heteroatoms. The van der Waals surface area contributed by atoms with Crippen LogP contribution >= 0.6 is 0 Å². The van der Waals surface area contributed by atoms with Gasteiger partial charge in [-0.2, -0.15) is 8.42 Å². The Bertz CT molecular complexity index is 606. The van der Waals surface area contributed by atoms with E-state index < -0.39 is 10.2 Å². The monoisotopic (exact) mass is 267 g/mol. The molecule has 1 aromatic heterocycles. The van der Waals surface area contributed by atoms with E-state index in [0.29, 0.717) is 5.69 Å². The quantitative estimate of drug-likeness (QED) is 0.745. The lowest BCUT2D eigenvalue weighted by Gasteiger charge is -2.00. The predicted molar refractivity (Wildman–Crippen MR) is 70.2 cm³/mol. The van der Waals surface area contributed by atoms with E-state index in [1.54, 1.807) is 48.7 Å². The second-order valence-electron chi connectivity index (χ2n) is 3.24. The Kier molecular flexibility index (Phi) is 5.09. The molecule has 1 aromatic carbocycles. The van der Waals surface area contributed by atoms with Crippen LogP contribution in [0.2, 0.25) is 0 Å². The Morgan fingerprint density at radius 2 is 1.61 bits per heavy atom. The molecule has 1 heterocycles. The summed E-state index contributed by atoms with van der Waals surface area (Å²) in [5.41, 5.74) is 0.414. The van der Waals surface area contributed by atoms with Crippen molar-refractivity contribution in [2.24, 2.45) is 5.14 Å². The maximum atomic E-state index is 10.5. The minimum Gasteiger partial charge on any atom is -0.329 e. The molecule has 0 aliphatic carbocycles. The average Bonchev–Trinajstić information content (AvgIpc) is 2.30. The number of rotatable bonds is 2. The van der Waals surface area contributed by atoms with Crippen LogP contribution in [0.25, 0.3) is 0 Å². The van der Waals surface area contributed by atoms with Crippen molar-refractivity contribution in [3.8, 4) is 0 Å². The zero-order valence-corrected chi connectivity index (χ0v) is 10.2. The highest BCUT2D eigenvalue weighted by Crippen LogP contribution is 2.04. The SMILES string of the molecule is NS(=O)(=O)Nc1ccccc1.O=c1cccc[nH]1. The van der Waals surface area contributed by atoms with Gasteiger partial charge in [0.05, 0.1) is 0 Å². The van der Waals surface area contributed by atoms with Crippen molar-refractivity contribution < 1.29 is 8.42 Å². The normalized spacial score (nSPS) is 10.1. The van der Waals surface area contributed by atoms with Gasteiger partial charge in [0.1, 0.15) is 0 Å². The van der Waals surface area contributed by atoms with Crippen LogP contribution in [0.4, 0.5) is 5.69 Å². The lowest BCUT2D eigenvalue weighted by molar-refractivity contribution is 0.603. The third kappa shape index (κ3) is 6.46. The molecule has 6 nitrogen and oxygen atoms in total. The topological polar surface area (TPSA) is 105 Å². The fourth-order valence-electron chi connectivity index (χ4n) is 1.05. The molecule has 0 saturated heterocycles. The molecule has 4 N–H and O–H groups in total. The molecule has 0 amide bonds. The van der Waals surface area contributed by atoms with E-state index in [9.17, 15) is 13.2 Å². The molecule has 0 aliphatic heterocycles. The summed E-state index contributed by atoms with van der Waals surface area (Å²) in [7, 11) is -3.63. The summed E-state index contributed by atoms with van der Waals surface area (Å²) in [4.78, 5) is 12.7. The van der Waals surface area contributed by atoms with Crippen molar-refractivity contribution in [3.63, 3.8) is 0 Å². The molecule has 2 rings (SSSR count). The third-order valence-electron chi connectivity index (χ3n) is 1.71. The number of aromatic amines is 1. The predicted octanol–water partition coefficient (Wildman–Crippen LogP) is 0.677. The molecular formula is C11H13N3O3S. The first kappa shape index (κ1) is 13.9. The van der Waals surface area contributed by atoms with Crippen molar-refractivity contribution in [2.45, 2.75) is 0 Å². The number of nitrogens with two attached hydrogens (primary N) is 1. The summed E-state index contributed by atoms with van der Waals surface area (Å²) >= 11 is 0. The number of pyridine rings is 1. The Balaban J connectivity index is 0.000000199. The van der Waals surface area contributed by atoms with Crippen molar-refractivity contribution in [3.05, 3.63) is 65.1 Å². The molecule has 0 bridgehead atoms. The number of para-hydroxylation sites is 1. The van der Waals surface area contributed by atoms with Crippen LogP contribution in [0.1, 0.15) is 0 Å². The van der Waals surface area contributed by atoms with Crippen LogP contribution in [0.3, 0.4) is 0 Å². The number of hydrogen-bond acceptors (Lipinski definition) is 3. The zero-order valence-electron chi connectivity index (χ0n) is 9.41. The molecule has 0 fully saturated rings. The lowest BCUT2D eigenvalue weighted by Crippen LogP contribution is -2.21. The van der Waals surface area contributed by atoms with Gasteiger partial charge in [0.15, 0.2) is 0 Å². The van der Waals surface area contributed by atoms with Crippen LogP contribution in [-0.4, -0.2) is 13.4 Å². The first-order valence-corrected chi connectivity index (χ1v) is 6.51. The van der Waals surface area contributed by atoms with Gasteiger partial charge in [0, 0.05) is 18.0 Å². The van der Waals surface area contributed by atoms with Gasteiger partial charge in [-0.15, -0.1) is 0 Å². The lowest BCUT2D eigenvalue weighted by atomic mass is 10.3. The molecule has 96 valence electrons. The number of nitrogens with one attached hydrogen (secondary N) is 2. The minimum absolute atomic E-state index is 0.0532. The Labute approximate surface area is 105 Å². The second kappa shape index (κ2) is 6.58. The van der Waals surface area contributed by atoms with Gasteiger partial charge < -0.3 is 4.98 Å². The van der Waals surface area contributed by atoms with E-state index in [1.165, 1.54) is 6.07 Å². The number of hydrogen-bond donors (Lipinski definition) is 3. The fraction of sp³-hybridized carbons (Fsp3) is 0. The summed E-state index contributed by atoms with van der Waals surface area (Å²) in [6, 6.07) is 13.4. The number of anilines is 1. The van der Waals surface area contributed by atoms with Gasteiger partial charge in [0.25, 0.3) is 10.2 Å². The largest absolute Gasteiger partial charge is 0.329 e. The van der Waals surface area contributed by atoms with Crippen molar-refractivity contribution in [1.29, 1.82) is 0 Å². The maximum absolute atomic E-state index is 10.5. The molecule has 2 aromatic rings. The van der Waals surface area contributed by atoms with E-state index in [0.717, 1.165) is 0 Å². The molecule has 0 saturated carbocycles. The number of H-pyrrole nitrogens is 1. The Hall–Kier alpha value is -2.12. The van der Waals surface area contributed by atoms with Gasteiger partial charge >= 0.3 is 0 Å². The highest BCUT2D eigenvalue weighted by atomic mass is 32.2. The summed E-state index contributed by atoms with van der Waals surface area (Å²) in [5, 5.41) is 4.73. The standard InChI is InChI=1S/C6H8N2O2S.C5H5NO/c7-11(9,10)8-6-4-2-1-3-5-6;7-5-3-1-2-4-6-5/h1-5,8H,(H2,7,9,10);1-4H,(H,6,7). The summed E-state index contributed by atoms with van der Waals surface area (Å²) in [5.74, 6) is 0. The summed E-state index contributed by atoms with van der Waals surface area (Å²) < 4.78 is 23.1. The van der Waals surface area contributed by atoms with Gasteiger partial charge in [-0.05, 0) is 18.2 Å². The van der Waals surface area contributed by atoms with E-state index in [2.05, 4.69) is 9.71 Å². The molecule has 0 atom stereocenters. The van der Waals surface area contributed by atoms with Crippen LogP contribution < -0.4 is 15.4 Å². The summed E-state index contributed by atoms with van der Waals surface area (Å²) in [6.07, 6.45) is 1.60. The molecule has 0 unspecified atom stereocenters. The zero-order chi connectivity index (χ0) is 13.4. The van der Waals surface area contributed by atoms with Crippen LogP contribution in [0.5, 0.6) is 0 Å². The highest BCUT2D eigenvalue weighted by Gasteiger charge is 1.98. The Morgan fingerprint density at radius 1 is 1.00 bits per heavy atom. The van der Waals surface area contributed by atoms with E-state index in [-0.39, 0.29) is 5.56 Å². The van der Waals surface area contributed by atoms with E-state index >= 15 is 0 Å². The van der Waals surface area contributed by atoms with E-state index in [4.69, 9.17) is 5.14 Å². The van der Waals surface area contributed by atoms with Gasteiger partial charge in [-0.25, -0.2) is 5.14 Å². The maximum Gasteiger partial charge on any atom is 0.296 e. The van der Waals surface area contributed by atoms with Gasteiger partial charge in [-0.3, -0.25) is 9.52 Å². The second-order valence-corrected chi connectivity index (χ2v) is 4.53. The molecular weight excluding hydrogens is 254 g/mol. The molecule has 0 aliphatic rings. The van der Waals surface area contributed by atoms with Crippen molar-refractivity contribution in [2.75, 3.05) is 4.72 Å². The van der Waals surface area contributed by atoms with Crippen LogP contribution in [-0.2, 0) is 10.2 Å². The fourth-order valence-corrected chi connectivity index (χ4v) is 1.51. The number of benzene rings is 1. The van der Waals surface area contributed by atoms with Crippen LogP contribution in [0, 0.1) is 0 Å². The van der Waals surface area contributed by atoms with Crippen molar-refractivity contribution >= 4 is 15.9 Å². The molecule has 0 radical (unpaired) electrons. The minimum atomic E-state index is -3.63. The highest BCUT2D eigenvalue weighted by molar-refractivity contribution is 7.90.